The minimum atomic E-state index is -1.15. The van der Waals surface area contributed by atoms with Crippen molar-refractivity contribution in [3.8, 4) is 0 Å². The molecule has 1 aliphatic rings. The molecule has 0 saturated carbocycles. The molecular weight excluding hydrogens is 520 g/mol. The third kappa shape index (κ3) is 11.4. The van der Waals surface area contributed by atoms with Crippen LogP contribution in [-0.4, -0.2) is 71.5 Å². The lowest BCUT2D eigenvalue weighted by atomic mass is 10.00. The molecular formula is C32H44N4O5. The number of carbonyl (C=O) groups excluding carboxylic acids is 3. The molecule has 3 rings (SSSR count). The Kier molecular flexibility index (Phi) is 12.8. The summed E-state index contributed by atoms with van der Waals surface area (Å²) in [4.78, 5) is 53.9. The number of carbonyl (C=O) groups is 4. The number of nitrogens with one attached hydrogen (secondary N) is 3. The standard InChI is InChI=1S/C32H44N4O5/c1-23(2)20-27(31(39)35-28(32(40)41)21-25-14-8-4-9-15-25)34-30(38)26(17-16-24-12-6-3-7-13-24)33-29(37)22-36-18-10-5-11-19-36/h3-4,6-9,12-15,23,26-28H,5,10-11,16-22H2,1-2H3,(H,33,37)(H,34,38)(H,35,39)(H,40,41)/t26-,27-,28-/m0/s1. The maximum Gasteiger partial charge on any atom is 0.326 e. The molecule has 3 atom stereocenters. The maximum atomic E-state index is 13.6. The first-order chi connectivity index (χ1) is 19.7. The number of carboxylic acid groups (broad SMARTS) is 1. The van der Waals surface area contributed by atoms with Gasteiger partial charge in [0.25, 0.3) is 0 Å². The molecule has 9 nitrogen and oxygen atoms in total. The molecule has 0 radical (unpaired) electrons. The number of hydrogen-bond donors (Lipinski definition) is 4. The van der Waals surface area contributed by atoms with Gasteiger partial charge in [-0.25, -0.2) is 4.79 Å². The second-order valence-electron chi connectivity index (χ2n) is 11.3. The van der Waals surface area contributed by atoms with Crippen LogP contribution in [0.1, 0.15) is 57.1 Å². The van der Waals surface area contributed by atoms with Gasteiger partial charge in [0.2, 0.25) is 17.7 Å². The summed E-state index contributed by atoms with van der Waals surface area (Å²) in [6.07, 6.45) is 4.65. The number of benzene rings is 2. The molecule has 4 N–H and O–H groups in total. The first-order valence-electron chi connectivity index (χ1n) is 14.6. The molecule has 0 unspecified atom stereocenters. The molecule has 0 aliphatic carbocycles. The van der Waals surface area contributed by atoms with Crippen molar-refractivity contribution in [2.75, 3.05) is 19.6 Å². The summed E-state index contributed by atoms with van der Waals surface area (Å²) in [5.74, 6) is -2.33. The molecule has 3 amide bonds. The van der Waals surface area contributed by atoms with Crippen molar-refractivity contribution in [3.05, 3.63) is 71.8 Å². The van der Waals surface area contributed by atoms with Gasteiger partial charge in [-0.3, -0.25) is 19.3 Å². The average Bonchev–Trinajstić information content (AvgIpc) is 2.95. The number of aliphatic carboxylic acids is 1. The lowest BCUT2D eigenvalue weighted by Crippen LogP contribution is -2.57. The van der Waals surface area contributed by atoms with Crippen LogP contribution in [0.2, 0.25) is 0 Å². The highest BCUT2D eigenvalue weighted by atomic mass is 16.4. The Balaban J connectivity index is 1.70. The highest BCUT2D eigenvalue weighted by Crippen LogP contribution is 2.11. The topological polar surface area (TPSA) is 128 Å². The second kappa shape index (κ2) is 16.5. The summed E-state index contributed by atoms with van der Waals surface area (Å²) in [5.41, 5.74) is 1.82. The fourth-order valence-electron chi connectivity index (χ4n) is 5.08. The zero-order chi connectivity index (χ0) is 29.6. The predicted octanol–water partition coefficient (Wildman–Crippen LogP) is 2.93. The first kappa shape index (κ1) is 31.8. The lowest BCUT2D eigenvalue weighted by Gasteiger charge is -2.28. The van der Waals surface area contributed by atoms with Gasteiger partial charge < -0.3 is 21.1 Å². The van der Waals surface area contributed by atoms with Crippen LogP contribution in [0.4, 0.5) is 0 Å². The average molecular weight is 565 g/mol. The molecule has 41 heavy (non-hydrogen) atoms. The van der Waals surface area contributed by atoms with E-state index in [0.29, 0.717) is 19.3 Å². The van der Waals surface area contributed by atoms with Gasteiger partial charge in [-0.2, -0.15) is 0 Å². The van der Waals surface area contributed by atoms with Crippen molar-refractivity contribution in [2.45, 2.75) is 76.9 Å². The van der Waals surface area contributed by atoms with Gasteiger partial charge in [-0.05, 0) is 62.2 Å². The third-order valence-electron chi connectivity index (χ3n) is 7.27. The number of hydrogen-bond acceptors (Lipinski definition) is 5. The van der Waals surface area contributed by atoms with E-state index in [1.165, 1.54) is 0 Å². The quantitative estimate of drug-likeness (QED) is 0.263. The van der Waals surface area contributed by atoms with E-state index in [9.17, 15) is 24.3 Å². The van der Waals surface area contributed by atoms with Crippen LogP contribution in [0.15, 0.2) is 60.7 Å². The highest BCUT2D eigenvalue weighted by molar-refractivity contribution is 5.93. The van der Waals surface area contributed by atoms with Gasteiger partial charge in [-0.15, -0.1) is 0 Å². The largest absolute Gasteiger partial charge is 0.480 e. The van der Waals surface area contributed by atoms with Crippen LogP contribution in [0, 0.1) is 5.92 Å². The molecule has 2 aromatic carbocycles. The zero-order valence-corrected chi connectivity index (χ0v) is 24.2. The van der Waals surface area contributed by atoms with Crippen molar-refractivity contribution in [3.63, 3.8) is 0 Å². The zero-order valence-electron chi connectivity index (χ0n) is 24.2. The smallest absolute Gasteiger partial charge is 0.326 e. The van der Waals surface area contributed by atoms with Crippen LogP contribution in [0.3, 0.4) is 0 Å². The second-order valence-corrected chi connectivity index (χ2v) is 11.3. The molecule has 9 heteroatoms. The Morgan fingerprint density at radius 3 is 1.90 bits per heavy atom. The third-order valence-corrected chi connectivity index (χ3v) is 7.27. The summed E-state index contributed by atoms with van der Waals surface area (Å²) in [5, 5.41) is 18.1. The lowest BCUT2D eigenvalue weighted by molar-refractivity contribution is -0.142. The number of rotatable bonds is 15. The van der Waals surface area contributed by atoms with Crippen molar-refractivity contribution < 1.29 is 24.3 Å². The van der Waals surface area contributed by atoms with Crippen molar-refractivity contribution in [1.29, 1.82) is 0 Å². The minimum absolute atomic E-state index is 0.0555. The van der Waals surface area contributed by atoms with Crippen molar-refractivity contribution >= 4 is 23.7 Å². The molecule has 1 heterocycles. The summed E-state index contributed by atoms with van der Waals surface area (Å²) in [6.45, 7) is 5.80. The molecule has 0 spiro atoms. The molecule has 222 valence electrons. The molecule has 0 bridgehead atoms. The highest BCUT2D eigenvalue weighted by Gasteiger charge is 2.30. The van der Waals surface area contributed by atoms with E-state index >= 15 is 0 Å². The van der Waals surface area contributed by atoms with Crippen LogP contribution >= 0.6 is 0 Å². The van der Waals surface area contributed by atoms with Crippen LogP contribution in [-0.2, 0) is 32.0 Å². The number of likely N-dealkylation sites (tertiary alicyclic amines) is 1. The molecule has 1 aliphatic heterocycles. The Bertz CT molecular complexity index is 1120. The minimum Gasteiger partial charge on any atom is -0.480 e. The number of amides is 3. The van der Waals surface area contributed by atoms with Crippen molar-refractivity contribution in [1.82, 2.24) is 20.9 Å². The number of piperidine rings is 1. The Hall–Kier alpha value is -3.72. The summed E-state index contributed by atoms with van der Waals surface area (Å²) in [7, 11) is 0. The Labute approximate surface area is 243 Å². The van der Waals surface area contributed by atoms with Gasteiger partial charge in [0, 0.05) is 6.42 Å². The van der Waals surface area contributed by atoms with Crippen LogP contribution in [0.5, 0.6) is 0 Å². The maximum absolute atomic E-state index is 13.6. The SMILES string of the molecule is CC(C)C[C@H](NC(=O)[C@H](CCc1ccccc1)NC(=O)CN1CCCCC1)C(=O)N[C@@H](Cc1ccccc1)C(=O)O. The van der Waals surface area contributed by atoms with E-state index in [0.717, 1.165) is 43.5 Å². The molecule has 1 fully saturated rings. The molecule has 1 saturated heterocycles. The van der Waals surface area contributed by atoms with Crippen LogP contribution in [0.25, 0.3) is 0 Å². The van der Waals surface area contributed by atoms with Crippen molar-refractivity contribution in [2.24, 2.45) is 5.92 Å². The Morgan fingerprint density at radius 2 is 1.32 bits per heavy atom. The molecule has 2 aromatic rings. The fraction of sp³-hybridized carbons (Fsp3) is 0.500. The number of carboxylic acids is 1. The molecule has 0 aromatic heterocycles. The van der Waals surface area contributed by atoms with E-state index in [1.807, 2.05) is 62.4 Å². The van der Waals surface area contributed by atoms with Gasteiger partial charge in [-0.1, -0.05) is 80.9 Å². The van der Waals surface area contributed by atoms with E-state index in [1.54, 1.807) is 12.1 Å². The summed E-state index contributed by atoms with van der Waals surface area (Å²) < 4.78 is 0. The number of nitrogens with zero attached hydrogens (tertiary/aromatic N) is 1. The van der Waals surface area contributed by atoms with Gasteiger partial charge in [0.15, 0.2) is 0 Å². The van der Waals surface area contributed by atoms with E-state index in [2.05, 4.69) is 20.9 Å². The fourth-order valence-corrected chi connectivity index (χ4v) is 5.08. The predicted molar refractivity (Wildman–Crippen MR) is 158 cm³/mol. The summed E-state index contributed by atoms with van der Waals surface area (Å²) in [6, 6.07) is 15.9. The van der Waals surface area contributed by atoms with Gasteiger partial charge >= 0.3 is 5.97 Å². The van der Waals surface area contributed by atoms with E-state index in [4.69, 9.17) is 0 Å². The first-order valence-corrected chi connectivity index (χ1v) is 14.6. The Morgan fingerprint density at radius 1 is 0.756 bits per heavy atom. The van der Waals surface area contributed by atoms with Gasteiger partial charge in [0.05, 0.1) is 6.54 Å². The van der Waals surface area contributed by atoms with E-state index < -0.39 is 35.9 Å². The van der Waals surface area contributed by atoms with Crippen LogP contribution < -0.4 is 16.0 Å². The van der Waals surface area contributed by atoms with E-state index in [-0.39, 0.29) is 24.8 Å². The number of aryl methyl sites for hydroxylation is 1. The van der Waals surface area contributed by atoms with Gasteiger partial charge in [0.1, 0.15) is 18.1 Å². The summed E-state index contributed by atoms with van der Waals surface area (Å²) >= 11 is 0. The normalized spacial score (nSPS) is 15.9. The monoisotopic (exact) mass is 564 g/mol.